The van der Waals surface area contributed by atoms with E-state index in [9.17, 15) is 4.79 Å². The number of aryl methyl sites for hydroxylation is 2. The van der Waals surface area contributed by atoms with Crippen molar-refractivity contribution < 1.29 is 4.79 Å². The lowest BCUT2D eigenvalue weighted by atomic mass is 9.48. The van der Waals surface area contributed by atoms with Crippen molar-refractivity contribution in [2.24, 2.45) is 16.6 Å². The molecule has 20 heavy (non-hydrogen) atoms. The molecule has 1 aliphatic carbocycles. The molecule has 1 amide bonds. The molecule has 1 heterocycles. The molecule has 1 aromatic rings. The van der Waals surface area contributed by atoms with Gasteiger partial charge in [0, 0.05) is 28.6 Å². The first-order valence-corrected chi connectivity index (χ1v) is 7.09. The number of carbonyl (C=O) groups excluding carboxylic acids is 1. The van der Waals surface area contributed by atoms with Crippen LogP contribution in [0, 0.1) is 24.7 Å². The van der Waals surface area contributed by atoms with Crippen LogP contribution in [0.15, 0.2) is 12.1 Å². The Bertz CT molecular complexity index is 533. The highest BCUT2D eigenvalue weighted by Gasteiger charge is 2.60. The van der Waals surface area contributed by atoms with Crippen molar-refractivity contribution in [1.82, 2.24) is 10.3 Å². The van der Waals surface area contributed by atoms with Crippen LogP contribution in [0.2, 0.25) is 0 Å². The Kier molecular flexibility index (Phi) is 3.41. The van der Waals surface area contributed by atoms with Gasteiger partial charge < -0.3 is 11.1 Å². The number of amides is 1. The first-order valence-electron chi connectivity index (χ1n) is 7.09. The quantitative estimate of drug-likeness (QED) is 0.869. The van der Waals surface area contributed by atoms with E-state index in [0.29, 0.717) is 5.56 Å². The molecule has 0 radical (unpaired) electrons. The fourth-order valence-electron chi connectivity index (χ4n) is 3.69. The summed E-state index contributed by atoms with van der Waals surface area (Å²) in [6.45, 7) is 12.2. The first-order chi connectivity index (χ1) is 9.08. The molecule has 2 rings (SSSR count). The van der Waals surface area contributed by atoms with Crippen LogP contribution in [0.3, 0.4) is 0 Å². The Morgan fingerprint density at radius 2 is 1.75 bits per heavy atom. The predicted octanol–water partition coefficient (Wildman–Crippen LogP) is 2.19. The van der Waals surface area contributed by atoms with E-state index in [1.165, 1.54) is 0 Å². The first kappa shape index (κ1) is 15.0. The minimum Gasteiger partial charge on any atom is -0.348 e. The van der Waals surface area contributed by atoms with Crippen molar-refractivity contribution in [2.45, 2.75) is 53.6 Å². The van der Waals surface area contributed by atoms with Gasteiger partial charge >= 0.3 is 0 Å². The molecular weight excluding hydrogens is 250 g/mol. The van der Waals surface area contributed by atoms with Gasteiger partial charge in [-0.1, -0.05) is 27.7 Å². The second-order valence-electron chi connectivity index (χ2n) is 7.11. The van der Waals surface area contributed by atoms with E-state index < -0.39 is 0 Å². The number of nitrogens with two attached hydrogens (primary N) is 1. The zero-order valence-corrected chi connectivity index (χ0v) is 13.2. The number of rotatable bonds is 2. The van der Waals surface area contributed by atoms with E-state index in [4.69, 9.17) is 5.73 Å². The van der Waals surface area contributed by atoms with E-state index >= 15 is 0 Å². The van der Waals surface area contributed by atoms with Gasteiger partial charge in [-0.2, -0.15) is 0 Å². The number of aromatic nitrogens is 1. The fourth-order valence-corrected chi connectivity index (χ4v) is 3.69. The molecule has 1 aliphatic rings. The summed E-state index contributed by atoms with van der Waals surface area (Å²) in [5.74, 6) is -0.0620. The Hall–Kier alpha value is -1.42. The van der Waals surface area contributed by atoms with Crippen LogP contribution in [-0.2, 0) is 0 Å². The molecule has 1 fully saturated rings. The molecule has 1 saturated carbocycles. The van der Waals surface area contributed by atoms with Crippen LogP contribution in [-0.4, -0.2) is 23.0 Å². The molecular formula is C16H25N3O. The highest BCUT2D eigenvalue weighted by molar-refractivity contribution is 5.95. The summed E-state index contributed by atoms with van der Waals surface area (Å²) in [7, 11) is 0. The summed E-state index contributed by atoms with van der Waals surface area (Å²) in [6, 6.07) is 3.85. The third-order valence-electron chi connectivity index (χ3n) is 4.84. The highest BCUT2D eigenvalue weighted by atomic mass is 16.1. The average molecular weight is 275 g/mol. The maximum Gasteiger partial charge on any atom is 0.253 e. The largest absolute Gasteiger partial charge is 0.348 e. The normalized spacial score (nSPS) is 26.8. The standard InChI is InChI=1S/C16H25N3O/c1-9-7-8-11(10(2)18-9)12(20)19-14-15(3,4)13(17)16(14,5)6/h7-8,13-14H,17H2,1-6H3,(H,19,20). The lowest BCUT2D eigenvalue weighted by Crippen LogP contribution is -2.76. The summed E-state index contributed by atoms with van der Waals surface area (Å²) in [4.78, 5) is 16.8. The molecule has 1 aromatic heterocycles. The molecule has 0 saturated heterocycles. The Morgan fingerprint density at radius 1 is 1.20 bits per heavy atom. The van der Waals surface area contributed by atoms with Crippen LogP contribution in [0.5, 0.6) is 0 Å². The van der Waals surface area contributed by atoms with Gasteiger partial charge in [0.05, 0.1) is 11.3 Å². The van der Waals surface area contributed by atoms with Gasteiger partial charge in [-0.05, 0) is 26.0 Å². The van der Waals surface area contributed by atoms with Gasteiger partial charge in [-0.3, -0.25) is 9.78 Å². The molecule has 0 aromatic carbocycles. The second kappa shape index (κ2) is 4.55. The van der Waals surface area contributed by atoms with Crippen molar-refractivity contribution in [3.05, 3.63) is 29.1 Å². The van der Waals surface area contributed by atoms with Crippen LogP contribution >= 0.6 is 0 Å². The van der Waals surface area contributed by atoms with Crippen molar-refractivity contribution in [3.8, 4) is 0 Å². The summed E-state index contributed by atoms with van der Waals surface area (Å²) in [6.07, 6.45) is 0. The van der Waals surface area contributed by atoms with E-state index in [1.807, 2.05) is 26.0 Å². The fraction of sp³-hybridized carbons (Fsp3) is 0.625. The zero-order valence-electron chi connectivity index (χ0n) is 13.2. The summed E-state index contributed by atoms with van der Waals surface area (Å²) < 4.78 is 0. The molecule has 110 valence electrons. The lowest BCUT2D eigenvalue weighted by Gasteiger charge is -2.62. The molecule has 0 unspecified atom stereocenters. The molecule has 4 heteroatoms. The van der Waals surface area contributed by atoms with Gasteiger partial charge in [0.25, 0.3) is 5.91 Å². The number of pyridine rings is 1. The topological polar surface area (TPSA) is 68.0 Å². The van der Waals surface area contributed by atoms with Gasteiger partial charge in [0.15, 0.2) is 0 Å². The van der Waals surface area contributed by atoms with Crippen LogP contribution in [0.1, 0.15) is 49.4 Å². The van der Waals surface area contributed by atoms with E-state index in [0.717, 1.165) is 11.4 Å². The minimum atomic E-state index is -0.0921. The summed E-state index contributed by atoms with van der Waals surface area (Å²) in [5.41, 5.74) is 8.37. The third-order valence-corrected chi connectivity index (χ3v) is 4.84. The Labute approximate surface area is 121 Å². The van der Waals surface area contributed by atoms with Crippen molar-refractivity contribution >= 4 is 5.91 Å². The predicted molar refractivity (Wildman–Crippen MR) is 80.5 cm³/mol. The molecule has 0 spiro atoms. The lowest BCUT2D eigenvalue weighted by molar-refractivity contribution is -0.0663. The van der Waals surface area contributed by atoms with Crippen LogP contribution in [0.4, 0.5) is 0 Å². The molecule has 0 bridgehead atoms. The number of nitrogens with zero attached hydrogens (tertiary/aromatic N) is 1. The Balaban J connectivity index is 2.20. The average Bonchev–Trinajstić information content (AvgIpc) is 2.34. The summed E-state index contributed by atoms with van der Waals surface area (Å²) >= 11 is 0. The molecule has 0 atom stereocenters. The minimum absolute atomic E-state index is 0.0620. The van der Waals surface area contributed by atoms with Crippen molar-refractivity contribution in [1.29, 1.82) is 0 Å². The number of nitrogens with one attached hydrogen (secondary N) is 1. The van der Waals surface area contributed by atoms with Gasteiger partial charge in [-0.15, -0.1) is 0 Å². The second-order valence-corrected chi connectivity index (χ2v) is 7.11. The van der Waals surface area contributed by atoms with Gasteiger partial charge in [-0.25, -0.2) is 0 Å². The maximum absolute atomic E-state index is 12.5. The zero-order chi connectivity index (χ0) is 15.3. The maximum atomic E-state index is 12.5. The molecule has 4 nitrogen and oxygen atoms in total. The van der Waals surface area contributed by atoms with Gasteiger partial charge in [0.2, 0.25) is 0 Å². The van der Waals surface area contributed by atoms with E-state index in [-0.39, 0.29) is 28.8 Å². The third kappa shape index (κ3) is 2.12. The van der Waals surface area contributed by atoms with E-state index in [2.05, 4.69) is 38.0 Å². The van der Waals surface area contributed by atoms with Crippen LogP contribution in [0.25, 0.3) is 0 Å². The van der Waals surface area contributed by atoms with Crippen molar-refractivity contribution in [3.63, 3.8) is 0 Å². The summed E-state index contributed by atoms with van der Waals surface area (Å²) in [5, 5.41) is 3.14. The van der Waals surface area contributed by atoms with E-state index in [1.54, 1.807) is 0 Å². The van der Waals surface area contributed by atoms with Crippen molar-refractivity contribution in [2.75, 3.05) is 0 Å². The number of carbonyl (C=O) groups is 1. The van der Waals surface area contributed by atoms with Crippen LogP contribution < -0.4 is 11.1 Å². The smallest absolute Gasteiger partial charge is 0.253 e. The number of hydrogen-bond acceptors (Lipinski definition) is 3. The van der Waals surface area contributed by atoms with Gasteiger partial charge in [0.1, 0.15) is 0 Å². The highest BCUT2D eigenvalue weighted by Crippen LogP contribution is 2.52. The Morgan fingerprint density at radius 3 is 2.25 bits per heavy atom. The SMILES string of the molecule is Cc1ccc(C(=O)NC2C(C)(C)C(N)C2(C)C)c(C)n1. The molecule has 3 N–H and O–H groups in total. The molecule has 0 aliphatic heterocycles. The number of hydrogen-bond donors (Lipinski definition) is 2. The monoisotopic (exact) mass is 275 g/mol.